The topological polar surface area (TPSA) is 0 Å². The maximum Gasteiger partial charge on any atom is -0.00262 e. The zero-order chi connectivity index (χ0) is 38.4. The summed E-state index contributed by atoms with van der Waals surface area (Å²) in [5.41, 5.74) is 14.8. The minimum Gasteiger partial charge on any atom is -0.0622 e. The van der Waals surface area contributed by atoms with E-state index < -0.39 is 0 Å². The molecule has 11 rings (SSSR count). The highest BCUT2D eigenvalue weighted by Crippen LogP contribution is 2.46. The molecule has 0 unspecified atom stereocenters. The molecule has 0 aliphatic carbocycles. The maximum absolute atomic E-state index is 2.37. The summed E-state index contributed by atoms with van der Waals surface area (Å²) in [5, 5.41) is 10.1. The second-order valence-corrected chi connectivity index (χ2v) is 15.2. The van der Waals surface area contributed by atoms with Gasteiger partial charge in [0.2, 0.25) is 0 Å². The van der Waals surface area contributed by atoms with E-state index in [1.165, 1.54) is 110 Å². The molecule has 0 aliphatic rings. The molecular formula is C58H38. The third kappa shape index (κ3) is 5.69. The molecule has 0 saturated carbocycles. The molecule has 11 aromatic carbocycles. The Morgan fingerprint density at radius 3 is 0.603 bits per heavy atom. The van der Waals surface area contributed by atoms with Gasteiger partial charge >= 0.3 is 0 Å². The molecule has 11 aromatic rings. The van der Waals surface area contributed by atoms with Crippen molar-refractivity contribution in [3.05, 3.63) is 231 Å². The summed E-state index contributed by atoms with van der Waals surface area (Å²) in [7, 11) is 0. The van der Waals surface area contributed by atoms with Crippen molar-refractivity contribution < 1.29 is 0 Å². The lowest BCUT2D eigenvalue weighted by Gasteiger charge is -2.18. The normalized spacial score (nSPS) is 11.4. The van der Waals surface area contributed by atoms with E-state index in [-0.39, 0.29) is 0 Å². The van der Waals surface area contributed by atoms with Crippen LogP contribution in [0.25, 0.3) is 110 Å². The van der Waals surface area contributed by atoms with E-state index in [9.17, 15) is 0 Å². The molecular weight excluding hydrogens is 697 g/mol. The summed E-state index contributed by atoms with van der Waals surface area (Å²) in [6, 6.07) is 84.4. The Kier molecular flexibility index (Phi) is 8.26. The van der Waals surface area contributed by atoms with Crippen LogP contribution in [0.15, 0.2) is 231 Å². The molecule has 0 bridgehead atoms. The number of benzene rings is 11. The van der Waals surface area contributed by atoms with E-state index in [4.69, 9.17) is 0 Å². The second kappa shape index (κ2) is 14.2. The smallest absolute Gasteiger partial charge is 0.00262 e. The van der Waals surface area contributed by atoms with Crippen molar-refractivity contribution in [1.82, 2.24) is 0 Å². The number of rotatable bonds is 6. The Morgan fingerprint density at radius 1 is 0.138 bits per heavy atom. The standard InChI is InChI=1S/C58H38/c1-3-18-39(19-4-1)55-47-28-7-11-32-51(47)57(52-33-12-8-29-48(52)55)45-26-16-24-43(37-45)41-22-15-23-42(36-41)44-25-17-27-46(38-44)58-53-34-13-9-30-49(53)56(40-20-5-2-6-21-40)50-31-10-14-35-54(50)58/h1-38H. The number of hydrogen-bond donors (Lipinski definition) is 0. The molecule has 0 aliphatic heterocycles. The Balaban J connectivity index is 1.03. The first-order valence-electron chi connectivity index (χ1n) is 20.1. The van der Waals surface area contributed by atoms with Crippen LogP contribution in [0.3, 0.4) is 0 Å². The van der Waals surface area contributed by atoms with Crippen LogP contribution in [-0.2, 0) is 0 Å². The van der Waals surface area contributed by atoms with Gasteiger partial charge in [-0.15, -0.1) is 0 Å². The second-order valence-electron chi connectivity index (χ2n) is 15.2. The van der Waals surface area contributed by atoms with Crippen molar-refractivity contribution in [3.63, 3.8) is 0 Å². The van der Waals surface area contributed by atoms with E-state index in [1.54, 1.807) is 0 Å². The molecule has 0 saturated heterocycles. The summed E-state index contributed by atoms with van der Waals surface area (Å²) in [6.07, 6.45) is 0. The molecule has 0 aromatic heterocycles. The van der Waals surface area contributed by atoms with Gasteiger partial charge in [0, 0.05) is 0 Å². The molecule has 0 fully saturated rings. The Bertz CT molecular complexity index is 2980. The van der Waals surface area contributed by atoms with Crippen molar-refractivity contribution in [2.75, 3.05) is 0 Å². The molecule has 0 heterocycles. The fourth-order valence-corrected chi connectivity index (χ4v) is 9.30. The lowest BCUT2D eigenvalue weighted by atomic mass is 9.85. The summed E-state index contributed by atoms with van der Waals surface area (Å²) in [5.74, 6) is 0. The lowest BCUT2D eigenvalue weighted by molar-refractivity contribution is 1.58. The molecule has 0 radical (unpaired) electrons. The van der Waals surface area contributed by atoms with Gasteiger partial charge in [-0.3, -0.25) is 0 Å². The highest BCUT2D eigenvalue weighted by molar-refractivity contribution is 6.22. The Hall–Kier alpha value is -7.54. The van der Waals surface area contributed by atoms with E-state index in [1.807, 2.05) is 0 Å². The monoisotopic (exact) mass is 734 g/mol. The van der Waals surface area contributed by atoms with Gasteiger partial charge in [0.05, 0.1) is 0 Å². The van der Waals surface area contributed by atoms with Crippen LogP contribution in [0.2, 0.25) is 0 Å². The van der Waals surface area contributed by atoms with Gasteiger partial charge in [-0.05, 0) is 128 Å². The molecule has 0 spiro atoms. The summed E-state index contributed by atoms with van der Waals surface area (Å²) < 4.78 is 0. The first kappa shape index (κ1) is 33.8. The molecule has 0 N–H and O–H groups in total. The Morgan fingerprint density at radius 2 is 0.328 bits per heavy atom. The van der Waals surface area contributed by atoms with E-state index in [0.29, 0.717) is 0 Å². The van der Waals surface area contributed by atoms with Gasteiger partial charge in [-0.1, -0.05) is 212 Å². The quantitative estimate of drug-likeness (QED) is 0.149. The van der Waals surface area contributed by atoms with Gasteiger partial charge < -0.3 is 0 Å². The van der Waals surface area contributed by atoms with E-state index in [2.05, 4.69) is 231 Å². The minimum atomic E-state index is 1.20. The van der Waals surface area contributed by atoms with Gasteiger partial charge in [-0.25, -0.2) is 0 Å². The van der Waals surface area contributed by atoms with Gasteiger partial charge in [0.25, 0.3) is 0 Å². The van der Waals surface area contributed by atoms with Crippen LogP contribution in [0, 0.1) is 0 Å². The highest BCUT2D eigenvalue weighted by atomic mass is 14.2. The summed E-state index contributed by atoms with van der Waals surface area (Å²) in [6.45, 7) is 0. The largest absolute Gasteiger partial charge is 0.0622 e. The van der Waals surface area contributed by atoms with Gasteiger partial charge in [-0.2, -0.15) is 0 Å². The van der Waals surface area contributed by atoms with Crippen molar-refractivity contribution >= 4 is 43.1 Å². The van der Waals surface area contributed by atoms with Crippen molar-refractivity contribution in [2.24, 2.45) is 0 Å². The van der Waals surface area contributed by atoms with Gasteiger partial charge in [0.1, 0.15) is 0 Å². The van der Waals surface area contributed by atoms with Crippen LogP contribution >= 0.6 is 0 Å². The predicted octanol–water partition coefficient (Wildman–Crippen LogP) is 16.3. The van der Waals surface area contributed by atoms with Crippen LogP contribution in [0.4, 0.5) is 0 Å². The van der Waals surface area contributed by atoms with Crippen LogP contribution in [0.1, 0.15) is 0 Å². The first-order chi connectivity index (χ1) is 28.8. The number of hydrogen-bond acceptors (Lipinski definition) is 0. The average molecular weight is 735 g/mol. The molecule has 0 heteroatoms. The minimum absolute atomic E-state index is 1.20. The molecule has 0 atom stereocenters. The Labute approximate surface area is 339 Å². The first-order valence-corrected chi connectivity index (χ1v) is 20.1. The molecule has 270 valence electrons. The van der Waals surface area contributed by atoms with Crippen molar-refractivity contribution in [2.45, 2.75) is 0 Å². The van der Waals surface area contributed by atoms with Crippen LogP contribution in [-0.4, -0.2) is 0 Å². The van der Waals surface area contributed by atoms with Crippen LogP contribution in [0.5, 0.6) is 0 Å². The molecule has 0 nitrogen and oxygen atoms in total. The van der Waals surface area contributed by atoms with E-state index in [0.717, 1.165) is 0 Å². The fourth-order valence-electron chi connectivity index (χ4n) is 9.30. The summed E-state index contributed by atoms with van der Waals surface area (Å²) in [4.78, 5) is 0. The van der Waals surface area contributed by atoms with Crippen molar-refractivity contribution in [3.8, 4) is 66.8 Å². The molecule has 58 heavy (non-hydrogen) atoms. The third-order valence-electron chi connectivity index (χ3n) is 11.8. The maximum atomic E-state index is 2.37. The van der Waals surface area contributed by atoms with E-state index >= 15 is 0 Å². The zero-order valence-electron chi connectivity index (χ0n) is 31.9. The number of fused-ring (bicyclic) bond motifs is 4. The fraction of sp³-hybridized carbons (Fsp3) is 0. The van der Waals surface area contributed by atoms with Crippen LogP contribution < -0.4 is 0 Å². The van der Waals surface area contributed by atoms with Crippen molar-refractivity contribution in [1.29, 1.82) is 0 Å². The average Bonchev–Trinajstić information content (AvgIpc) is 3.30. The third-order valence-corrected chi connectivity index (χ3v) is 11.8. The zero-order valence-corrected chi connectivity index (χ0v) is 31.9. The van der Waals surface area contributed by atoms with Gasteiger partial charge in [0.15, 0.2) is 0 Å². The molecule has 0 amide bonds. The predicted molar refractivity (Wildman–Crippen MR) is 249 cm³/mol. The lowest BCUT2D eigenvalue weighted by Crippen LogP contribution is -1.91. The SMILES string of the molecule is c1ccc(-c2c3ccccc3c(-c3cccc(-c4cccc(-c5cccc(-c6c7ccccc7c(-c7ccccc7)c7ccccc67)c5)c4)c3)c3ccccc23)cc1. The summed E-state index contributed by atoms with van der Waals surface area (Å²) >= 11 is 0. The highest BCUT2D eigenvalue weighted by Gasteiger charge is 2.19.